The molecule has 0 fully saturated rings. The van der Waals surface area contributed by atoms with E-state index in [1.54, 1.807) is 0 Å². The molecule has 0 unspecified atom stereocenters. The minimum atomic E-state index is 0.762. The Morgan fingerprint density at radius 3 is 2.69 bits per heavy atom. The van der Waals surface area contributed by atoms with Gasteiger partial charge in [0.2, 0.25) is 0 Å². The van der Waals surface area contributed by atoms with Crippen molar-refractivity contribution in [2.75, 3.05) is 0 Å². The lowest BCUT2D eigenvalue weighted by molar-refractivity contribution is 0.587. The van der Waals surface area contributed by atoms with Crippen molar-refractivity contribution in [3.05, 3.63) is 42.0 Å². The Labute approximate surface area is 103 Å². The molecule has 0 saturated carbocycles. The predicted octanol–water partition coefficient (Wildman–Crippen LogP) is 4.67. The van der Waals surface area contributed by atoms with E-state index in [-0.39, 0.29) is 0 Å². The van der Waals surface area contributed by atoms with Gasteiger partial charge in [0.25, 0.3) is 0 Å². The van der Waals surface area contributed by atoms with Gasteiger partial charge in [0.05, 0.1) is 0 Å². The Hall–Kier alpha value is -0.950. The topological polar surface area (TPSA) is 0 Å². The molecule has 0 nitrogen and oxygen atoms in total. The molecule has 2 aliphatic rings. The Balaban J connectivity index is 2.32. The summed E-state index contributed by atoms with van der Waals surface area (Å²) in [5, 5.41) is 0. The summed E-state index contributed by atoms with van der Waals surface area (Å²) in [5.74, 6) is 0.762. The monoisotopic (exact) mass is 230 g/mol. The van der Waals surface area contributed by atoms with Crippen LogP contribution in [-0.4, -0.2) is 0 Å². The molecule has 2 aliphatic carbocycles. The fraction of sp³-hybridized carbons (Fsp3) is 0.333. The van der Waals surface area contributed by atoms with Crippen LogP contribution in [0.5, 0.6) is 0 Å². The van der Waals surface area contributed by atoms with Crippen LogP contribution in [0.1, 0.15) is 25.8 Å². The average molecular weight is 230 g/mol. The Kier molecular flexibility index (Phi) is 3.55. The van der Waals surface area contributed by atoms with Crippen molar-refractivity contribution in [3.8, 4) is 11.1 Å². The molecule has 2 rings (SSSR count). The lowest BCUT2D eigenvalue weighted by Gasteiger charge is -2.05. The molecular weight excluding hydrogens is 212 g/mol. The van der Waals surface area contributed by atoms with Gasteiger partial charge in [-0.15, -0.1) is 12.6 Å². The zero-order valence-electron chi connectivity index (χ0n) is 9.90. The van der Waals surface area contributed by atoms with Gasteiger partial charge in [0.15, 0.2) is 0 Å². The average Bonchev–Trinajstić information content (AvgIpc) is 2.49. The number of fused-ring (bicyclic) bond motifs is 1. The van der Waals surface area contributed by atoms with E-state index in [1.807, 2.05) is 6.07 Å². The molecule has 0 spiro atoms. The van der Waals surface area contributed by atoms with Gasteiger partial charge in [-0.1, -0.05) is 38.1 Å². The lowest BCUT2D eigenvalue weighted by atomic mass is 10.0. The van der Waals surface area contributed by atoms with Crippen LogP contribution in [0.3, 0.4) is 0 Å². The van der Waals surface area contributed by atoms with Crippen molar-refractivity contribution in [3.63, 3.8) is 0 Å². The molecule has 16 heavy (non-hydrogen) atoms. The molecule has 0 amide bonds. The maximum absolute atomic E-state index is 4.44. The zero-order valence-corrected chi connectivity index (χ0v) is 10.8. The summed E-state index contributed by atoms with van der Waals surface area (Å²) in [6.45, 7) is 4.55. The van der Waals surface area contributed by atoms with Gasteiger partial charge < -0.3 is 0 Å². The Bertz CT molecular complexity index is 445. The molecule has 0 bridgehead atoms. The van der Waals surface area contributed by atoms with Crippen LogP contribution in [0, 0.1) is 5.92 Å². The van der Waals surface area contributed by atoms with E-state index in [0.717, 1.165) is 10.8 Å². The highest BCUT2D eigenvalue weighted by atomic mass is 32.1. The highest BCUT2D eigenvalue weighted by Gasteiger charge is 2.08. The molecule has 0 N–H and O–H groups in total. The zero-order chi connectivity index (χ0) is 11.5. The summed E-state index contributed by atoms with van der Waals surface area (Å²) in [5.41, 5.74) is 4.13. The second kappa shape index (κ2) is 4.92. The maximum atomic E-state index is 4.44. The molecule has 0 atom stereocenters. The first-order chi connectivity index (χ1) is 7.66. The predicted molar refractivity (Wildman–Crippen MR) is 73.5 cm³/mol. The largest absolute Gasteiger partial charge is 0.143 e. The Morgan fingerprint density at radius 2 is 1.94 bits per heavy atom. The summed E-state index contributed by atoms with van der Waals surface area (Å²) in [6, 6.07) is 12.9. The molecule has 0 aliphatic heterocycles. The third kappa shape index (κ3) is 2.59. The van der Waals surface area contributed by atoms with Gasteiger partial charge in [-0.05, 0) is 47.6 Å². The van der Waals surface area contributed by atoms with Crippen molar-refractivity contribution in [2.24, 2.45) is 5.92 Å². The Morgan fingerprint density at radius 1 is 1.12 bits per heavy atom. The highest BCUT2D eigenvalue weighted by Crippen LogP contribution is 2.30. The highest BCUT2D eigenvalue weighted by molar-refractivity contribution is 7.80. The number of hydrogen-bond donors (Lipinski definition) is 1. The van der Waals surface area contributed by atoms with Crippen molar-refractivity contribution < 1.29 is 0 Å². The van der Waals surface area contributed by atoms with Crippen LogP contribution in [0.25, 0.3) is 11.1 Å². The third-order valence-corrected chi connectivity index (χ3v) is 3.23. The molecule has 0 heterocycles. The molecule has 0 aromatic rings. The number of aryl methyl sites for hydroxylation is 1. The van der Waals surface area contributed by atoms with Crippen molar-refractivity contribution >= 4 is 12.6 Å². The third-order valence-electron chi connectivity index (χ3n) is 2.95. The van der Waals surface area contributed by atoms with Crippen molar-refractivity contribution in [2.45, 2.75) is 31.6 Å². The van der Waals surface area contributed by atoms with E-state index in [2.05, 4.69) is 56.8 Å². The first-order valence-corrected chi connectivity index (χ1v) is 6.32. The van der Waals surface area contributed by atoms with Gasteiger partial charge in [-0.2, -0.15) is 0 Å². The summed E-state index contributed by atoms with van der Waals surface area (Å²) in [6.07, 6.45) is 2.41. The molecule has 1 heteroatoms. The minimum Gasteiger partial charge on any atom is -0.143 e. The van der Waals surface area contributed by atoms with Crippen LogP contribution >= 0.6 is 12.6 Å². The van der Waals surface area contributed by atoms with E-state index in [1.165, 1.54) is 29.5 Å². The molecule has 0 saturated heterocycles. The van der Waals surface area contributed by atoms with Crippen LogP contribution in [0.2, 0.25) is 0 Å². The fourth-order valence-electron chi connectivity index (χ4n) is 1.99. The first-order valence-electron chi connectivity index (χ1n) is 5.87. The van der Waals surface area contributed by atoms with E-state index >= 15 is 0 Å². The summed E-state index contributed by atoms with van der Waals surface area (Å²) in [4.78, 5) is 1.03. The molecule has 84 valence electrons. The van der Waals surface area contributed by atoms with Crippen molar-refractivity contribution in [1.29, 1.82) is 0 Å². The SMILES string of the molecule is CC(C)CCc1ccc2cccc(S)cc1-2. The second-order valence-corrected chi connectivity index (χ2v) is 5.27. The van der Waals surface area contributed by atoms with Gasteiger partial charge in [-0.3, -0.25) is 0 Å². The van der Waals surface area contributed by atoms with Crippen LogP contribution in [0.4, 0.5) is 0 Å². The van der Waals surface area contributed by atoms with Crippen LogP contribution in [-0.2, 0) is 6.42 Å². The first kappa shape index (κ1) is 11.5. The molecular formula is C15H18S. The van der Waals surface area contributed by atoms with Gasteiger partial charge in [0, 0.05) is 4.90 Å². The normalized spacial score (nSPS) is 11.2. The summed E-state index contributed by atoms with van der Waals surface area (Å²) in [7, 11) is 0. The summed E-state index contributed by atoms with van der Waals surface area (Å²) >= 11 is 4.44. The summed E-state index contributed by atoms with van der Waals surface area (Å²) < 4.78 is 0. The van der Waals surface area contributed by atoms with Gasteiger partial charge in [0.1, 0.15) is 0 Å². The van der Waals surface area contributed by atoms with Crippen molar-refractivity contribution in [1.82, 2.24) is 0 Å². The molecule has 0 aromatic carbocycles. The van der Waals surface area contributed by atoms with E-state index in [9.17, 15) is 0 Å². The van der Waals surface area contributed by atoms with Crippen LogP contribution in [0.15, 0.2) is 41.3 Å². The van der Waals surface area contributed by atoms with Crippen LogP contribution < -0.4 is 0 Å². The molecule has 0 aromatic heterocycles. The minimum absolute atomic E-state index is 0.762. The quantitative estimate of drug-likeness (QED) is 0.728. The number of thiol groups is 1. The van der Waals surface area contributed by atoms with E-state index < -0.39 is 0 Å². The number of hydrogen-bond acceptors (Lipinski definition) is 1. The van der Waals surface area contributed by atoms with Gasteiger partial charge >= 0.3 is 0 Å². The van der Waals surface area contributed by atoms with Gasteiger partial charge in [-0.25, -0.2) is 0 Å². The lowest BCUT2D eigenvalue weighted by Crippen LogP contribution is -1.91. The maximum Gasteiger partial charge on any atom is 0.00462 e. The standard InChI is InChI=1S/C15H18S/c1-11(2)6-7-13-9-8-12-4-3-5-14(16)10-15(12)13/h3-5,8-11,16H,6-7H2,1-2H3. The second-order valence-electron chi connectivity index (χ2n) is 4.76. The molecule has 0 radical (unpaired) electrons. The number of rotatable bonds is 3. The smallest absolute Gasteiger partial charge is 0.00462 e. The fourth-order valence-corrected chi connectivity index (χ4v) is 2.20. The van der Waals surface area contributed by atoms with E-state index in [4.69, 9.17) is 0 Å². The van der Waals surface area contributed by atoms with E-state index in [0.29, 0.717) is 0 Å².